The zero-order chi connectivity index (χ0) is 14.2. The fraction of sp³-hybridized carbons (Fsp3) is 0.0833. The van der Waals surface area contributed by atoms with Gasteiger partial charge < -0.3 is 5.11 Å². The quantitative estimate of drug-likeness (QED) is 0.833. The third kappa shape index (κ3) is 2.17. The van der Waals surface area contributed by atoms with E-state index in [9.17, 15) is 18.8 Å². The molecule has 0 saturated heterocycles. The molecule has 2 aromatic rings. The molecule has 0 saturated carbocycles. The Bertz CT molecular complexity index is 776. The molecule has 0 fully saturated rings. The topological polar surface area (TPSA) is 92.2 Å². The van der Waals surface area contributed by atoms with Crippen LogP contribution in [0.25, 0.3) is 5.69 Å². The second kappa shape index (κ2) is 4.52. The van der Waals surface area contributed by atoms with Crippen LogP contribution >= 0.6 is 0 Å². The van der Waals surface area contributed by atoms with Crippen LogP contribution in [0.4, 0.5) is 4.39 Å². The second-order valence-corrected chi connectivity index (χ2v) is 3.89. The first kappa shape index (κ1) is 12.7. The molecular formula is C12H9FN2O4. The molecule has 7 heteroatoms. The molecule has 0 aliphatic rings. The molecule has 98 valence electrons. The van der Waals surface area contributed by atoms with Crippen molar-refractivity contribution in [2.75, 3.05) is 0 Å². The first-order valence-corrected chi connectivity index (χ1v) is 5.26. The number of aromatic carboxylic acids is 1. The van der Waals surface area contributed by atoms with Crippen LogP contribution in [-0.2, 0) is 0 Å². The molecule has 0 aliphatic heterocycles. The normalized spacial score (nSPS) is 10.4. The largest absolute Gasteiger partial charge is 0.477 e. The number of nitrogens with one attached hydrogen (secondary N) is 1. The Labute approximate surface area is 105 Å². The number of carbonyl (C=O) groups is 1. The van der Waals surface area contributed by atoms with Crippen LogP contribution in [0.15, 0.2) is 34.0 Å². The highest BCUT2D eigenvalue weighted by molar-refractivity contribution is 5.86. The minimum atomic E-state index is -1.50. The highest BCUT2D eigenvalue weighted by Gasteiger charge is 2.14. The predicted octanol–water partition coefficient (Wildman–Crippen LogP) is 0.672. The van der Waals surface area contributed by atoms with Crippen molar-refractivity contribution in [3.63, 3.8) is 0 Å². The Morgan fingerprint density at radius 3 is 2.68 bits per heavy atom. The summed E-state index contributed by atoms with van der Waals surface area (Å²) in [5.74, 6) is -2.16. The van der Waals surface area contributed by atoms with E-state index in [1.165, 1.54) is 25.1 Å². The molecule has 19 heavy (non-hydrogen) atoms. The summed E-state index contributed by atoms with van der Waals surface area (Å²) >= 11 is 0. The van der Waals surface area contributed by atoms with Gasteiger partial charge in [-0.1, -0.05) is 12.1 Å². The van der Waals surface area contributed by atoms with Crippen molar-refractivity contribution < 1.29 is 14.3 Å². The number of carboxylic acid groups (broad SMARTS) is 1. The molecule has 6 nitrogen and oxygen atoms in total. The molecule has 0 amide bonds. The van der Waals surface area contributed by atoms with Gasteiger partial charge >= 0.3 is 11.7 Å². The molecule has 0 spiro atoms. The molecule has 2 rings (SSSR count). The first-order chi connectivity index (χ1) is 8.91. The summed E-state index contributed by atoms with van der Waals surface area (Å²) in [5, 5.41) is 8.82. The standard InChI is InChI=1S/C12H9FN2O4/c1-6-3-2-4-8(9(6)13)15-5-7(11(17)18)10(16)14-12(15)19/h2-5H,1H3,(H,17,18)(H,14,16,19). The zero-order valence-electron chi connectivity index (χ0n) is 9.81. The molecule has 0 radical (unpaired) electrons. The third-order valence-corrected chi connectivity index (χ3v) is 2.60. The molecule has 0 bridgehead atoms. The van der Waals surface area contributed by atoms with Crippen LogP contribution in [0.2, 0.25) is 0 Å². The number of nitrogens with zero attached hydrogens (tertiary/aromatic N) is 1. The highest BCUT2D eigenvalue weighted by Crippen LogP contribution is 2.14. The van der Waals surface area contributed by atoms with Crippen molar-refractivity contribution in [2.45, 2.75) is 6.92 Å². The molecule has 0 aliphatic carbocycles. The minimum Gasteiger partial charge on any atom is -0.477 e. The number of hydrogen-bond donors (Lipinski definition) is 2. The average molecular weight is 264 g/mol. The lowest BCUT2D eigenvalue weighted by Gasteiger charge is -2.08. The highest BCUT2D eigenvalue weighted by atomic mass is 19.1. The van der Waals surface area contributed by atoms with Gasteiger partial charge in [-0.05, 0) is 18.6 Å². The fourth-order valence-electron chi connectivity index (χ4n) is 1.62. The van der Waals surface area contributed by atoms with E-state index in [2.05, 4.69) is 0 Å². The van der Waals surface area contributed by atoms with Crippen LogP contribution in [0.3, 0.4) is 0 Å². The van der Waals surface area contributed by atoms with Crippen molar-refractivity contribution in [1.29, 1.82) is 0 Å². The second-order valence-electron chi connectivity index (χ2n) is 3.89. The summed E-state index contributed by atoms with van der Waals surface area (Å²) in [6, 6.07) is 4.34. The summed E-state index contributed by atoms with van der Waals surface area (Å²) in [7, 11) is 0. The Balaban J connectivity index is 2.80. The van der Waals surface area contributed by atoms with Crippen molar-refractivity contribution >= 4 is 5.97 Å². The van der Waals surface area contributed by atoms with Crippen LogP contribution < -0.4 is 11.2 Å². The number of benzene rings is 1. The average Bonchev–Trinajstić information content (AvgIpc) is 2.33. The number of rotatable bonds is 2. The Kier molecular flexibility index (Phi) is 3.04. The molecule has 2 N–H and O–H groups in total. The van der Waals surface area contributed by atoms with E-state index < -0.39 is 28.6 Å². The minimum absolute atomic E-state index is 0.122. The number of hydrogen-bond acceptors (Lipinski definition) is 3. The zero-order valence-corrected chi connectivity index (χ0v) is 9.81. The van der Waals surface area contributed by atoms with Gasteiger partial charge in [-0.25, -0.2) is 14.0 Å². The van der Waals surface area contributed by atoms with Crippen LogP contribution in [0.5, 0.6) is 0 Å². The Hall–Kier alpha value is -2.70. The lowest BCUT2D eigenvalue weighted by Crippen LogP contribution is -2.32. The lowest BCUT2D eigenvalue weighted by atomic mass is 10.2. The van der Waals surface area contributed by atoms with Crippen LogP contribution in [0, 0.1) is 12.7 Å². The smallest absolute Gasteiger partial charge is 0.342 e. The number of carboxylic acids is 1. The van der Waals surface area contributed by atoms with Gasteiger partial charge in [-0.3, -0.25) is 14.3 Å². The Morgan fingerprint density at radius 1 is 1.37 bits per heavy atom. The number of H-pyrrole nitrogens is 1. The first-order valence-electron chi connectivity index (χ1n) is 5.26. The summed E-state index contributed by atoms with van der Waals surface area (Å²) in [6.07, 6.45) is 0.807. The van der Waals surface area contributed by atoms with Gasteiger partial charge in [0.05, 0.1) is 5.69 Å². The van der Waals surface area contributed by atoms with Gasteiger partial charge in [-0.2, -0.15) is 0 Å². The lowest BCUT2D eigenvalue weighted by molar-refractivity contribution is 0.0694. The number of halogens is 1. The van der Waals surface area contributed by atoms with Gasteiger partial charge in [0.1, 0.15) is 11.4 Å². The van der Waals surface area contributed by atoms with Gasteiger partial charge in [0.25, 0.3) is 5.56 Å². The summed E-state index contributed by atoms with van der Waals surface area (Å²) in [6.45, 7) is 1.51. The molecular weight excluding hydrogens is 255 g/mol. The SMILES string of the molecule is Cc1cccc(-n2cc(C(=O)O)c(=O)[nH]c2=O)c1F. The van der Waals surface area contributed by atoms with E-state index >= 15 is 0 Å². The van der Waals surface area contributed by atoms with E-state index in [0.29, 0.717) is 5.56 Å². The van der Waals surface area contributed by atoms with E-state index in [0.717, 1.165) is 10.8 Å². The monoisotopic (exact) mass is 264 g/mol. The molecule has 1 aromatic carbocycles. The fourth-order valence-corrected chi connectivity index (χ4v) is 1.62. The molecule has 0 atom stereocenters. The van der Waals surface area contributed by atoms with E-state index in [-0.39, 0.29) is 5.69 Å². The van der Waals surface area contributed by atoms with E-state index in [4.69, 9.17) is 5.11 Å². The van der Waals surface area contributed by atoms with Crippen molar-refractivity contribution in [3.05, 3.63) is 62.2 Å². The third-order valence-electron chi connectivity index (χ3n) is 2.60. The van der Waals surface area contributed by atoms with Crippen LogP contribution in [-0.4, -0.2) is 20.6 Å². The summed E-state index contributed by atoms with van der Waals surface area (Å²) in [4.78, 5) is 35.6. The predicted molar refractivity (Wildman–Crippen MR) is 64.3 cm³/mol. The van der Waals surface area contributed by atoms with Gasteiger partial charge in [0.2, 0.25) is 0 Å². The number of aromatic amines is 1. The van der Waals surface area contributed by atoms with E-state index in [1.807, 2.05) is 4.98 Å². The van der Waals surface area contributed by atoms with E-state index in [1.54, 1.807) is 0 Å². The molecule has 1 aromatic heterocycles. The maximum Gasteiger partial charge on any atom is 0.342 e. The number of aromatic nitrogens is 2. The maximum atomic E-state index is 13.9. The summed E-state index contributed by atoms with van der Waals surface area (Å²) < 4.78 is 14.7. The van der Waals surface area contributed by atoms with Crippen molar-refractivity contribution in [1.82, 2.24) is 9.55 Å². The molecule has 0 unspecified atom stereocenters. The Morgan fingerprint density at radius 2 is 2.05 bits per heavy atom. The summed E-state index contributed by atoms with van der Waals surface area (Å²) in [5.41, 5.74) is -2.39. The van der Waals surface area contributed by atoms with Gasteiger partial charge in [0.15, 0.2) is 0 Å². The van der Waals surface area contributed by atoms with Crippen LogP contribution in [0.1, 0.15) is 15.9 Å². The van der Waals surface area contributed by atoms with Crippen molar-refractivity contribution in [2.24, 2.45) is 0 Å². The number of aryl methyl sites for hydroxylation is 1. The van der Waals surface area contributed by atoms with Gasteiger partial charge in [0, 0.05) is 6.20 Å². The maximum absolute atomic E-state index is 13.9. The van der Waals surface area contributed by atoms with Crippen molar-refractivity contribution in [3.8, 4) is 5.69 Å². The molecule has 1 heterocycles. The van der Waals surface area contributed by atoms with Gasteiger partial charge in [-0.15, -0.1) is 0 Å².